The summed E-state index contributed by atoms with van der Waals surface area (Å²) >= 11 is 0. The fourth-order valence-corrected chi connectivity index (χ4v) is 2.92. The number of fused-ring (bicyclic) bond motifs is 1. The molecule has 0 spiro atoms. The molecule has 1 aliphatic rings. The van der Waals surface area contributed by atoms with Crippen LogP contribution in [0.15, 0.2) is 42.5 Å². The zero-order chi connectivity index (χ0) is 21.0. The Hall–Kier alpha value is -3.00. The summed E-state index contributed by atoms with van der Waals surface area (Å²) in [6.07, 6.45) is -3.32. The third kappa shape index (κ3) is 5.51. The first-order valence-corrected chi connectivity index (χ1v) is 8.96. The van der Waals surface area contributed by atoms with Crippen molar-refractivity contribution in [2.24, 2.45) is 0 Å². The molecule has 154 valence electrons. The molecule has 2 aromatic carbocycles. The molecule has 8 heteroatoms. The number of alkyl halides is 3. The summed E-state index contributed by atoms with van der Waals surface area (Å²) in [5, 5.41) is 6.02. The van der Waals surface area contributed by atoms with Crippen molar-refractivity contribution in [2.45, 2.75) is 19.2 Å². The molecule has 0 saturated heterocycles. The number of allylic oxidation sites excluding steroid dienone is 1. The molecular formula is C21H21F3N2O3. The minimum absolute atomic E-state index is 0.0759. The molecule has 0 aromatic heterocycles. The first kappa shape index (κ1) is 20.7. The van der Waals surface area contributed by atoms with Gasteiger partial charge in [0, 0.05) is 37.0 Å². The van der Waals surface area contributed by atoms with E-state index in [-0.39, 0.29) is 18.1 Å². The van der Waals surface area contributed by atoms with Crippen LogP contribution in [0.1, 0.15) is 21.5 Å². The van der Waals surface area contributed by atoms with E-state index in [0.29, 0.717) is 41.3 Å². The number of carbonyl (C=O) groups is 1. The third-order valence-electron chi connectivity index (χ3n) is 4.48. The lowest BCUT2D eigenvalue weighted by Gasteiger charge is -2.12. The van der Waals surface area contributed by atoms with Gasteiger partial charge in [-0.1, -0.05) is 18.2 Å². The maximum atomic E-state index is 12.6. The lowest BCUT2D eigenvalue weighted by Crippen LogP contribution is -2.25. The highest BCUT2D eigenvalue weighted by Gasteiger charge is 2.22. The first-order chi connectivity index (χ1) is 13.7. The predicted molar refractivity (Wildman–Crippen MR) is 105 cm³/mol. The van der Waals surface area contributed by atoms with Crippen molar-refractivity contribution >= 4 is 23.4 Å². The van der Waals surface area contributed by atoms with Crippen LogP contribution in [0.4, 0.5) is 24.5 Å². The number of aryl methyl sites for hydroxylation is 1. The zero-order valence-corrected chi connectivity index (χ0v) is 16.0. The van der Waals surface area contributed by atoms with Gasteiger partial charge in [-0.05, 0) is 36.2 Å². The molecule has 29 heavy (non-hydrogen) atoms. The normalized spacial score (nSPS) is 16.5. The topological polar surface area (TPSA) is 59.6 Å². The Labute approximate surface area is 166 Å². The van der Waals surface area contributed by atoms with Crippen LogP contribution in [0.5, 0.6) is 5.75 Å². The van der Waals surface area contributed by atoms with Crippen molar-refractivity contribution in [2.75, 3.05) is 30.9 Å². The van der Waals surface area contributed by atoms with E-state index >= 15 is 0 Å². The van der Waals surface area contributed by atoms with Crippen LogP contribution >= 0.6 is 0 Å². The van der Waals surface area contributed by atoms with Gasteiger partial charge in [-0.2, -0.15) is 13.2 Å². The summed E-state index contributed by atoms with van der Waals surface area (Å²) in [5.74, 6) is 0.247. The Morgan fingerprint density at radius 3 is 2.76 bits per heavy atom. The summed E-state index contributed by atoms with van der Waals surface area (Å²) in [7, 11) is 1.61. The first-order valence-electron chi connectivity index (χ1n) is 8.96. The Morgan fingerprint density at radius 2 is 2.07 bits per heavy atom. The van der Waals surface area contributed by atoms with Crippen LogP contribution in [0.3, 0.4) is 0 Å². The number of hydrogen-bond donors (Lipinski definition) is 2. The van der Waals surface area contributed by atoms with E-state index in [2.05, 4.69) is 10.6 Å². The fourth-order valence-electron chi connectivity index (χ4n) is 2.92. The van der Waals surface area contributed by atoms with Crippen molar-refractivity contribution in [3.05, 3.63) is 59.2 Å². The van der Waals surface area contributed by atoms with Crippen molar-refractivity contribution in [3.63, 3.8) is 0 Å². The Morgan fingerprint density at radius 1 is 1.28 bits per heavy atom. The SMILES string of the molecule is COC1CNc2ccc(NC(=O)c3ccc(/C=C/C(F)(F)F)cc3C)cc2OC1. The van der Waals surface area contributed by atoms with E-state index in [0.717, 1.165) is 11.8 Å². The molecule has 0 saturated carbocycles. The van der Waals surface area contributed by atoms with Gasteiger partial charge in [-0.3, -0.25) is 4.79 Å². The van der Waals surface area contributed by atoms with Gasteiger partial charge in [-0.15, -0.1) is 0 Å². The quantitative estimate of drug-likeness (QED) is 0.777. The lowest BCUT2D eigenvalue weighted by molar-refractivity contribution is -0.0790. The van der Waals surface area contributed by atoms with Gasteiger partial charge in [0.05, 0.1) is 5.69 Å². The number of nitrogens with one attached hydrogen (secondary N) is 2. The minimum atomic E-state index is -4.38. The molecule has 0 radical (unpaired) electrons. The van der Waals surface area contributed by atoms with Crippen LogP contribution in [-0.4, -0.2) is 38.4 Å². The fraction of sp³-hybridized carbons (Fsp3) is 0.286. The molecule has 1 unspecified atom stereocenters. The van der Waals surface area contributed by atoms with Crippen molar-refractivity contribution in [1.29, 1.82) is 0 Å². The van der Waals surface area contributed by atoms with Crippen LogP contribution in [0.25, 0.3) is 6.08 Å². The number of amides is 1. The monoisotopic (exact) mass is 406 g/mol. The number of rotatable bonds is 4. The van der Waals surface area contributed by atoms with Crippen LogP contribution in [0, 0.1) is 6.92 Å². The van der Waals surface area contributed by atoms with Gasteiger partial charge in [0.2, 0.25) is 0 Å². The summed E-state index contributed by atoms with van der Waals surface area (Å²) in [5.41, 5.74) is 2.67. The van der Waals surface area contributed by atoms with Crippen molar-refractivity contribution in [1.82, 2.24) is 0 Å². The smallest absolute Gasteiger partial charge is 0.409 e. The average Bonchev–Trinajstić information content (AvgIpc) is 2.87. The summed E-state index contributed by atoms with van der Waals surface area (Å²) in [4.78, 5) is 12.6. The minimum Gasteiger partial charge on any atom is -0.489 e. The standard InChI is InChI=1S/C21H21F3N2O3/c1-13-9-14(7-8-21(22,23)24)3-5-17(13)20(27)26-15-4-6-18-19(10-15)29-12-16(28-2)11-25-18/h3-10,16,25H,11-12H2,1-2H3,(H,26,27)/b8-7+. The number of carbonyl (C=O) groups excluding carboxylic acids is 1. The lowest BCUT2D eigenvalue weighted by atomic mass is 10.0. The molecule has 1 heterocycles. The molecule has 0 aliphatic carbocycles. The molecule has 1 amide bonds. The number of ether oxygens (including phenoxy) is 2. The zero-order valence-electron chi connectivity index (χ0n) is 16.0. The van der Waals surface area contributed by atoms with E-state index in [4.69, 9.17) is 9.47 Å². The molecule has 2 N–H and O–H groups in total. The van der Waals surface area contributed by atoms with Gasteiger partial charge in [0.15, 0.2) is 0 Å². The van der Waals surface area contributed by atoms with Crippen LogP contribution in [-0.2, 0) is 4.74 Å². The number of anilines is 2. The van der Waals surface area contributed by atoms with E-state index < -0.39 is 6.18 Å². The predicted octanol–water partition coefficient (Wildman–Crippen LogP) is 4.64. The average molecular weight is 406 g/mol. The van der Waals surface area contributed by atoms with Crippen LogP contribution < -0.4 is 15.4 Å². The van der Waals surface area contributed by atoms with Crippen molar-refractivity contribution < 1.29 is 27.4 Å². The molecule has 1 atom stereocenters. The summed E-state index contributed by atoms with van der Waals surface area (Å²) < 4.78 is 47.9. The highest BCUT2D eigenvalue weighted by Crippen LogP contribution is 2.30. The van der Waals surface area contributed by atoms with E-state index in [9.17, 15) is 18.0 Å². The molecule has 3 rings (SSSR count). The number of hydrogen-bond acceptors (Lipinski definition) is 4. The molecule has 0 fully saturated rings. The van der Waals surface area contributed by atoms with Crippen molar-refractivity contribution in [3.8, 4) is 5.75 Å². The molecule has 1 aliphatic heterocycles. The maximum Gasteiger partial charge on any atom is 0.409 e. The summed E-state index contributed by atoms with van der Waals surface area (Å²) in [6, 6.07) is 9.78. The van der Waals surface area contributed by atoms with Gasteiger partial charge < -0.3 is 20.1 Å². The Balaban J connectivity index is 1.72. The molecular weight excluding hydrogens is 385 g/mol. The number of halogens is 3. The summed E-state index contributed by atoms with van der Waals surface area (Å²) in [6.45, 7) is 2.68. The van der Waals surface area contributed by atoms with E-state index in [1.54, 1.807) is 32.2 Å². The number of methoxy groups -OCH3 is 1. The Kier molecular flexibility index (Phi) is 6.12. The van der Waals surface area contributed by atoms with Gasteiger partial charge in [0.1, 0.15) is 18.5 Å². The maximum absolute atomic E-state index is 12.6. The largest absolute Gasteiger partial charge is 0.489 e. The molecule has 5 nitrogen and oxygen atoms in total. The number of benzene rings is 2. The van der Waals surface area contributed by atoms with Gasteiger partial charge in [0.25, 0.3) is 5.91 Å². The Bertz CT molecular complexity index is 926. The molecule has 0 bridgehead atoms. The molecule has 2 aromatic rings. The second-order valence-corrected chi connectivity index (χ2v) is 6.66. The second kappa shape index (κ2) is 8.57. The third-order valence-corrected chi connectivity index (χ3v) is 4.48. The van der Waals surface area contributed by atoms with E-state index in [1.807, 2.05) is 0 Å². The van der Waals surface area contributed by atoms with Gasteiger partial charge in [-0.25, -0.2) is 0 Å². The van der Waals surface area contributed by atoms with Crippen LogP contribution in [0.2, 0.25) is 0 Å². The highest BCUT2D eigenvalue weighted by atomic mass is 19.4. The second-order valence-electron chi connectivity index (χ2n) is 6.66. The van der Waals surface area contributed by atoms with Gasteiger partial charge >= 0.3 is 6.18 Å². The highest BCUT2D eigenvalue weighted by molar-refractivity contribution is 6.05. The van der Waals surface area contributed by atoms with E-state index in [1.165, 1.54) is 18.2 Å².